The average molecular weight is 345 g/mol. The number of carbonyl (C=O) groups excluding carboxylic acids is 1. The summed E-state index contributed by atoms with van der Waals surface area (Å²) in [6, 6.07) is 8.80. The molecule has 3 rings (SSSR count). The number of rotatable bonds is 4. The van der Waals surface area contributed by atoms with Gasteiger partial charge in [-0.2, -0.15) is 5.10 Å². The van der Waals surface area contributed by atoms with Crippen LogP contribution in [0.2, 0.25) is 0 Å². The molecule has 0 saturated carbocycles. The number of nitrogens with one attached hydrogen (secondary N) is 1. The van der Waals surface area contributed by atoms with E-state index in [0.29, 0.717) is 12.1 Å². The van der Waals surface area contributed by atoms with E-state index in [0.717, 1.165) is 22.4 Å². The maximum absolute atomic E-state index is 12.2. The summed E-state index contributed by atoms with van der Waals surface area (Å²) in [5.41, 5.74) is 3.61. The predicted octanol–water partition coefficient (Wildman–Crippen LogP) is 1.59. The van der Waals surface area contributed by atoms with Crippen LogP contribution in [0.3, 0.4) is 0 Å². The fourth-order valence-electron chi connectivity index (χ4n) is 2.69. The molecule has 24 heavy (non-hydrogen) atoms. The van der Waals surface area contributed by atoms with Gasteiger partial charge in [-0.15, -0.1) is 0 Å². The number of amides is 1. The largest absolute Gasteiger partial charge is 0.345 e. The molecule has 0 saturated heterocycles. The normalized spacial score (nSPS) is 18.7. The summed E-state index contributed by atoms with van der Waals surface area (Å²) in [5.74, 6) is -0.353. The van der Waals surface area contributed by atoms with Crippen molar-refractivity contribution in [3.05, 3.63) is 64.3 Å². The monoisotopic (exact) mass is 345 g/mol. The first-order chi connectivity index (χ1) is 11.3. The Morgan fingerprint density at radius 2 is 2.00 bits per heavy atom. The van der Waals surface area contributed by atoms with E-state index in [1.54, 1.807) is 12.1 Å². The second-order valence-corrected chi connectivity index (χ2v) is 7.95. The molecule has 0 radical (unpaired) electrons. The van der Waals surface area contributed by atoms with Gasteiger partial charge in [-0.3, -0.25) is 9.48 Å². The van der Waals surface area contributed by atoms with Crippen molar-refractivity contribution in [1.82, 2.24) is 15.1 Å². The van der Waals surface area contributed by atoms with Gasteiger partial charge in [-0.05, 0) is 43.7 Å². The van der Waals surface area contributed by atoms with Gasteiger partial charge in [0.15, 0.2) is 9.84 Å². The molecular weight excluding hydrogens is 326 g/mol. The molecule has 0 aliphatic carbocycles. The van der Waals surface area contributed by atoms with Crippen LogP contribution in [0.15, 0.2) is 41.8 Å². The molecule has 0 fully saturated rings. The van der Waals surface area contributed by atoms with Crippen LogP contribution in [-0.4, -0.2) is 35.9 Å². The molecule has 1 N–H and O–H groups in total. The van der Waals surface area contributed by atoms with Crippen molar-refractivity contribution < 1.29 is 13.2 Å². The Labute approximate surface area is 141 Å². The smallest absolute Gasteiger partial charge is 0.251 e. The van der Waals surface area contributed by atoms with Crippen LogP contribution in [0, 0.1) is 13.8 Å². The Balaban J connectivity index is 1.65. The second-order valence-electron chi connectivity index (χ2n) is 6.02. The predicted molar refractivity (Wildman–Crippen MR) is 91.4 cm³/mol. The second kappa shape index (κ2) is 6.24. The number of hydrogen-bond acceptors (Lipinski definition) is 4. The van der Waals surface area contributed by atoms with Gasteiger partial charge in [0, 0.05) is 16.7 Å². The molecule has 1 aliphatic heterocycles. The Bertz CT molecular complexity index is 896. The number of carbonyl (C=O) groups is 1. The Kier molecular flexibility index (Phi) is 4.28. The third-order valence-corrected chi connectivity index (χ3v) is 5.29. The minimum absolute atomic E-state index is 0.0747. The van der Waals surface area contributed by atoms with E-state index in [1.165, 1.54) is 6.08 Å². The van der Waals surface area contributed by atoms with Crippen molar-refractivity contribution in [2.75, 3.05) is 5.75 Å². The van der Waals surface area contributed by atoms with Crippen molar-refractivity contribution in [3.63, 3.8) is 0 Å². The molecular formula is C17H19N3O3S. The summed E-state index contributed by atoms with van der Waals surface area (Å²) in [7, 11) is -3.17. The van der Waals surface area contributed by atoms with Crippen LogP contribution in [-0.2, 0) is 16.4 Å². The third kappa shape index (κ3) is 3.73. The topological polar surface area (TPSA) is 81.1 Å². The van der Waals surface area contributed by atoms with E-state index in [4.69, 9.17) is 0 Å². The van der Waals surface area contributed by atoms with E-state index in [-0.39, 0.29) is 11.7 Å². The van der Waals surface area contributed by atoms with Gasteiger partial charge >= 0.3 is 0 Å². The van der Waals surface area contributed by atoms with Crippen LogP contribution in [0.25, 0.3) is 0 Å². The molecule has 6 nitrogen and oxygen atoms in total. The zero-order chi connectivity index (χ0) is 17.3. The highest BCUT2D eigenvalue weighted by atomic mass is 32.2. The lowest BCUT2D eigenvalue weighted by Crippen LogP contribution is -2.35. The van der Waals surface area contributed by atoms with Crippen LogP contribution >= 0.6 is 0 Å². The van der Waals surface area contributed by atoms with Gasteiger partial charge in [0.25, 0.3) is 5.91 Å². The third-order valence-electron chi connectivity index (χ3n) is 3.90. The number of aromatic nitrogens is 2. The van der Waals surface area contributed by atoms with Crippen molar-refractivity contribution in [2.45, 2.75) is 26.4 Å². The van der Waals surface area contributed by atoms with Gasteiger partial charge in [-0.25, -0.2) is 8.42 Å². The SMILES string of the molecule is Cc1cc(C)n(Cc2ccc(C(=O)N[C@@H]3C=CS(=O)(=O)C3)cc2)n1. The molecule has 1 amide bonds. The molecule has 1 aliphatic rings. The summed E-state index contributed by atoms with van der Waals surface area (Å²) in [6.07, 6.45) is 1.50. The maximum Gasteiger partial charge on any atom is 0.251 e. The van der Waals surface area contributed by atoms with Gasteiger partial charge < -0.3 is 5.32 Å². The average Bonchev–Trinajstić information content (AvgIpc) is 3.01. The zero-order valence-electron chi connectivity index (χ0n) is 13.6. The van der Waals surface area contributed by atoms with E-state index in [2.05, 4.69) is 10.4 Å². The first kappa shape index (κ1) is 16.4. The van der Waals surface area contributed by atoms with Crippen molar-refractivity contribution in [2.24, 2.45) is 0 Å². The highest BCUT2D eigenvalue weighted by Crippen LogP contribution is 2.11. The number of nitrogens with zero attached hydrogens (tertiary/aromatic N) is 2. The van der Waals surface area contributed by atoms with Crippen molar-refractivity contribution >= 4 is 15.7 Å². The zero-order valence-corrected chi connectivity index (χ0v) is 14.4. The van der Waals surface area contributed by atoms with Crippen molar-refractivity contribution in [1.29, 1.82) is 0 Å². The quantitative estimate of drug-likeness (QED) is 0.912. The molecule has 2 aromatic rings. The molecule has 1 atom stereocenters. The van der Waals surface area contributed by atoms with Gasteiger partial charge in [0.2, 0.25) is 0 Å². The first-order valence-corrected chi connectivity index (χ1v) is 9.36. The lowest BCUT2D eigenvalue weighted by atomic mass is 10.1. The van der Waals surface area contributed by atoms with Crippen LogP contribution in [0.4, 0.5) is 0 Å². The molecule has 0 unspecified atom stereocenters. The highest BCUT2D eigenvalue weighted by Gasteiger charge is 2.23. The molecule has 0 spiro atoms. The van der Waals surface area contributed by atoms with E-state index in [1.807, 2.05) is 36.7 Å². The minimum Gasteiger partial charge on any atom is -0.345 e. The Morgan fingerprint density at radius 3 is 2.54 bits per heavy atom. The number of benzene rings is 1. The summed E-state index contributed by atoms with van der Waals surface area (Å²) in [5, 5.41) is 8.28. The number of hydrogen-bond donors (Lipinski definition) is 1. The molecule has 0 bridgehead atoms. The van der Waals surface area contributed by atoms with E-state index >= 15 is 0 Å². The van der Waals surface area contributed by atoms with Gasteiger partial charge in [0.1, 0.15) is 0 Å². The summed E-state index contributed by atoms with van der Waals surface area (Å²) >= 11 is 0. The molecule has 1 aromatic carbocycles. The summed E-state index contributed by atoms with van der Waals surface area (Å²) in [4.78, 5) is 12.2. The lowest BCUT2D eigenvalue weighted by molar-refractivity contribution is 0.0947. The standard InChI is InChI=1S/C17H19N3O3S/c1-12-9-13(2)20(19-12)10-14-3-5-15(6-4-14)17(21)18-16-7-8-24(22,23)11-16/h3-9,16H,10-11H2,1-2H3,(H,18,21)/t16-/m1/s1. The highest BCUT2D eigenvalue weighted by molar-refractivity contribution is 7.94. The first-order valence-electron chi connectivity index (χ1n) is 7.64. The summed E-state index contributed by atoms with van der Waals surface area (Å²) in [6.45, 7) is 4.60. The van der Waals surface area contributed by atoms with E-state index in [9.17, 15) is 13.2 Å². The number of aryl methyl sites for hydroxylation is 2. The van der Waals surface area contributed by atoms with Gasteiger partial charge in [0.05, 0.1) is 24.0 Å². The van der Waals surface area contributed by atoms with Crippen LogP contribution < -0.4 is 5.32 Å². The fraction of sp³-hybridized carbons (Fsp3) is 0.294. The van der Waals surface area contributed by atoms with Crippen molar-refractivity contribution in [3.8, 4) is 0 Å². The molecule has 7 heteroatoms. The lowest BCUT2D eigenvalue weighted by Gasteiger charge is -2.10. The fourth-order valence-corrected chi connectivity index (χ4v) is 3.92. The molecule has 126 valence electrons. The summed E-state index contributed by atoms with van der Waals surface area (Å²) < 4.78 is 24.6. The van der Waals surface area contributed by atoms with E-state index < -0.39 is 15.9 Å². The molecule has 2 heterocycles. The Hall–Kier alpha value is -2.41. The van der Waals surface area contributed by atoms with Gasteiger partial charge in [-0.1, -0.05) is 12.1 Å². The number of sulfone groups is 1. The van der Waals surface area contributed by atoms with Crippen LogP contribution in [0.5, 0.6) is 0 Å². The maximum atomic E-state index is 12.2. The Morgan fingerprint density at radius 1 is 1.29 bits per heavy atom. The molecule has 1 aromatic heterocycles. The minimum atomic E-state index is -3.17. The van der Waals surface area contributed by atoms with Crippen LogP contribution in [0.1, 0.15) is 27.3 Å².